The zero-order valence-corrected chi connectivity index (χ0v) is 15.4. The van der Waals surface area contributed by atoms with Gasteiger partial charge >= 0.3 is 6.03 Å². The number of rotatable bonds is 9. The van der Waals surface area contributed by atoms with Gasteiger partial charge in [0.25, 0.3) is 0 Å². The Hall–Kier alpha value is -1.86. The van der Waals surface area contributed by atoms with Gasteiger partial charge in [0.05, 0.1) is 13.1 Å². The average Bonchev–Trinajstić information content (AvgIpc) is 3.23. The number of hydrogen-bond acceptors (Lipinski definition) is 4. The Labute approximate surface area is 150 Å². The van der Waals surface area contributed by atoms with Crippen molar-refractivity contribution in [2.75, 3.05) is 0 Å². The fourth-order valence-electron chi connectivity index (χ4n) is 2.45. The van der Waals surface area contributed by atoms with Crippen LogP contribution in [0.4, 0.5) is 4.79 Å². The van der Waals surface area contributed by atoms with Gasteiger partial charge in [0.2, 0.25) is 5.91 Å². The molecular weight excluding hydrogens is 342 g/mol. The van der Waals surface area contributed by atoms with Crippen molar-refractivity contribution in [3.8, 4) is 0 Å². The van der Waals surface area contributed by atoms with Crippen LogP contribution in [-0.2, 0) is 17.9 Å². The van der Waals surface area contributed by atoms with Gasteiger partial charge in [0, 0.05) is 9.75 Å². The van der Waals surface area contributed by atoms with E-state index in [1.165, 1.54) is 0 Å². The molecule has 2 aromatic heterocycles. The molecule has 24 heavy (non-hydrogen) atoms. The van der Waals surface area contributed by atoms with Crippen LogP contribution in [-0.4, -0.2) is 22.9 Å². The number of nitrogens with zero attached hydrogens (tertiary/aromatic N) is 1. The van der Waals surface area contributed by atoms with Gasteiger partial charge in [-0.2, -0.15) is 0 Å². The van der Waals surface area contributed by atoms with Gasteiger partial charge < -0.3 is 16.0 Å². The topological polar surface area (TPSA) is 75.4 Å². The van der Waals surface area contributed by atoms with Crippen molar-refractivity contribution in [1.29, 1.82) is 0 Å². The molecule has 2 rings (SSSR count). The van der Waals surface area contributed by atoms with E-state index >= 15 is 0 Å². The van der Waals surface area contributed by atoms with Gasteiger partial charge in [-0.1, -0.05) is 31.9 Å². The second-order valence-corrected chi connectivity index (χ2v) is 7.62. The number of carbonyl (C=O) groups is 2. The summed E-state index contributed by atoms with van der Waals surface area (Å²) in [6.07, 6.45) is 2.42. The smallest absolute Gasteiger partial charge is 0.312 e. The van der Waals surface area contributed by atoms with Crippen molar-refractivity contribution in [3.63, 3.8) is 0 Å². The minimum atomic E-state index is -0.656. The number of nitrogens with two attached hydrogens (primary N) is 1. The number of carbonyl (C=O) groups excluding carboxylic acids is 2. The zero-order valence-electron chi connectivity index (χ0n) is 13.7. The van der Waals surface area contributed by atoms with E-state index in [1.54, 1.807) is 27.6 Å². The number of amides is 3. The molecule has 2 aromatic rings. The first-order chi connectivity index (χ1) is 11.6. The number of thiophene rings is 2. The van der Waals surface area contributed by atoms with E-state index in [0.717, 1.165) is 22.6 Å². The van der Waals surface area contributed by atoms with Crippen LogP contribution in [0.1, 0.15) is 35.9 Å². The lowest BCUT2D eigenvalue weighted by molar-refractivity contribution is -0.134. The number of unbranched alkanes of at least 4 members (excludes halogenated alkanes) is 1. The van der Waals surface area contributed by atoms with Crippen molar-refractivity contribution < 1.29 is 9.59 Å². The highest BCUT2D eigenvalue weighted by molar-refractivity contribution is 7.10. The van der Waals surface area contributed by atoms with Gasteiger partial charge in [-0.25, -0.2) is 4.79 Å². The Morgan fingerprint density at radius 1 is 1.17 bits per heavy atom. The van der Waals surface area contributed by atoms with Crippen LogP contribution in [0, 0.1) is 0 Å². The summed E-state index contributed by atoms with van der Waals surface area (Å²) in [5.41, 5.74) is 5.26. The quantitative estimate of drug-likeness (QED) is 0.713. The van der Waals surface area contributed by atoms with Crippen LogP contribution < -0.4 is 11.1 Å². The highest BCUT2D eigenvalue weighted by Crippen LogP contribution is 2.19. The van der Waals surface area contributed by atoms with E-state index < -0.39 is 12.1 Å². The van der Waals surface area contributed by atoms with Crippen molar-refractivity contribution in [2.45, 2.75) is 45.3 Å². The van der Waals surface area contributed by atoms with Gasteiger partial charge in [-0.05, 0) is 29.3 Å². The fraction of sp³-hybridized carbons (Fsp3) is 0.412. The van der Waals surface area contributed by atoms with Crippen LogP contribution in [0.25, 0.3) is 0 Å². The second-order valence-electron chi connectivity index (χ2n) is 5.56. The lowest BCUT2D eigenvalue weighted by Gasteiger charge is -2.27. The lowest BCUT2D eigenvalue weighted by atomic mass is 10.1. The standard InChI is InChI=1S/C17H23N3O2S2/c1-2-3-8-15(19-17(18)22)16(21)20(11-13-6-4-9-23-13)12-14-7-5-10-24-14/h4-7,9-10,15H,2-3,8,11-12H2,1H3,(H3,18,19,22)/t15-/m0/s1. The van der Waals surface area contributed by atoms with E-state index in [-0.39, 0.29) is 5.91 Å². The van der Waals surface area contributed by atoms with Crippen molar-refractivity contribution in [3.05, 3.63) is 44.8 Å². The minimum Gasteiger partial charge on any atom is -0.352 e. The number of hydrogen-bond donors (Lipinski definition) is 2. The maximum atomic E-state index is 13.0. The highest BCUT2D eigenvalue weighted by atomic mass is 32.1. The summed E-state index contributed by atoms with van der Waals surface area (Å²) in [5, 5.41) is 6.61. The summed E-state index contributed by atoms with van der Waals surface area (Å²) in [5.74, 6) is -0.0796. The van der Waals surface area contributed by atoms with Crippen LogP contribution >= 0.6 is 22.7 Å². The third kappa shape index (κ3) is 5.65. The molecule has 3 N–H and O–H groups in total. The molecule has 0 fully saturated rings. The Balaban J connectivity index is 2.14. The maximum Gasteiger partial charge on any atom is 0.312 e. The third-order valence-corrected chi connectivity index (χ3v) is 5.35. The summed E-state index contributed by atoms with van der Waals surface area (Å²) in [7, 11) is 0. The third-order valence-electron chi connectivity index (χ3n) is 3.63. The summed E-state index contributed by atoms with van der Waals surface area (Å²) >= 11 is 3.24. The number of primary amides is 1. The SMILES string of the molecule is CCCC[C@H](NC(N)=O)C(=O)N(Cc1cccs1)Cc1cccs1. The molecule has 0 bridgehead atoms. The van der Waals surface area contributed by atoms with Crippen molar-refractivity contribution in [1.82, 2.24) is 10.2 Å². The Morgan fingerprint density at radius 2 is 1.75 bits per heavy atom. The van der Waals surface area contributed by atoms with Gasteiger partial charge in [0.15, 0.2) is 0 Å². The molecule has 0 aliphatic rings. The largest absolute Gasteiger partial charge is 0.352 e. The summed E-state index contributed by atoms with van der Waals surface area (Å²) < 4.78 is 0. The molecule has 0 aliphatic heterocycles. The molecule has 7 heteroatoms. The lowest BCUT2D eigenvalue weighted by Crippen LogP contribution is -2.49. The fourth-order valence-corrected chi connectivity index (χ4v) is 3.89. The van der Waals surface area contributed by atoms with E-state index in [4.69, 9.17) is 5.73 Å². The zero-order chi connectivity index (χ0) is 17.4. The summed E-state index contributed by atoms with van der Waals surface area (Å²) in [6, 6.07) is 6.76. The molecule has 0 spiro atoms. The Kier molecular flexibility index (Phi) is 7.27. The minimum absolute atomic E-state index is 0.0796. The first kappa shape index (κ1) is 18.5. The van der Waals surface area contributed by atoms with Crippen LogP contribution in [0.3, 0.4) is 0 Å². The number of nitrogens with one attached hydrogen (secondary N) is 1. The Morgan fingerprint density at radius 3 is 2.17 bits per heavy atom. The van der Waals surface area contributed by atoms with E-state index in [1.807, 2.05) is 35.0 Å². The first-order valence-electron chi connectivity index (χ1n) is 7.99. The summed E-state index contributed by atoms with van der Waals surface area (Å²) in [4.78, 5) is 28.3. The molecule has 1 atom stereocenters. The molecule has 0 radical (unpaired) electrons. The maximum absolute atomic E-state index is 13.0. The van der Waals surface area contributed by atoms with E-state index in [2.05, 4.69) is 12.2 Å². The van der Waals surface area contributed by atoms with Crippen LogP contribution in [0.5, 0.6) is 0 Å². The average molecular weight is 366 g/mol. The Bertz CT molecular complexity index is 590. The predicted molar refractivity (Wildman–Crippen MR) is 98.9 cm³/mol. The molecule has 0 unspecified atom stereocenters. The van der Waals surface area contributed by atoms with Gasteiger partial charge in [-0.15, -0.1) is 22.7 Å². The summed E-state index contributed by atoms with van der Waals surface area (Å²) in [6.45, 7) is 3.13. The molecule has 0 saturated heterocycles. The molecule has 3 amide bonds. The molecule has 0 aromatic carbocycles. The van der Waals surface area contributed by atoms with Gasteiger partial charge in [-0.3, -0.25) is 4.79 Å². The molecule has 0 saturated carbocycles. The molecule has 0 aliphatic carbocycles. The number of urea groups is 1. The predicted octanol–water partition coefficient (Wildman–Crippen LogP) is 3.57. The first-order valence-corrected chi connectivity index (χ1v) is 9.75. The molecule has 2 heterocycles. The second kappa shape index (κ2) is 9.44. The molecule has 5 nitrogen and oxygen atoms in total. The van der Waals surface area contributed by atoms with Crippen molar-refractivity contribution >= 4 is 34.6 Å². The highest BCUT2D eigenvalue weighted by Gasteiger charge is 2.25. The van der Waals surface area contributed by atoms with Crippen LogP contribution in [0.15, 0.2) is 35.0 Å². The normalized spacial score (nSPS) is 11.9. The monoisotopic (exact) mass is 365 g/mol. The van der Waals surface area contributed by atoms with Crippen LogP contribution in [0.2, 0.25) is 0 Å². The molecular formula is C17H23N3O2S2. The van der Waals surface area contributed by atoms with E-state index in [9.17, 15) is 9.59 Å². The van der Waals surface area contributed by atoms with E-state index in [0.29, 0.717) is 19.5 Å². The van der Waals surface area contributed by atoms with Crippen molar-refractivity contribution in [2.24, 2.45) is 5.73 Å². The van der Waals surface area contributed by atoms with Gasteiger partial charge in [0.1, 0.15) is 6.04 Å². The molecule has 130 valence electrons.